The first-order chi connectivity index (χ1) is 9.61. The average Bonchev–Trinajstić information content (AvgIpc) is 2.46. The highest BCUT2D eigenvalue weighted by Crippen LogP contribution is 2.20. The van der Waals surface area contributed by atoms with E-state index in [2.05, 4.69) is 5.16 Å². The minimum absolute atomic E-state index is 0.128. The number of oxime groups is 1. The third-order valence-corrected chi connectivity index (χ3v) is 2.98. The van der Waals surface area contributed by atoms with Gasteiger partial charge < -0.3 is 15.7 Å². The number of amidine groups is 1. The molecule has 0 aliphatic rings. The summed E-state index contributed by atoms with van der Waals surface area (Å²) in [7, 11) is 0. The maximum Gasteiger partial charge on any atom is 0.170 e. The molecule has 2 aromatic rings. The van der Waals surface area contributed by atoms with Crippen molar-refractivity contribution in [1.29, 1.82) is 0 Å². The number of hydrogen-bond acceptors (Lipinski definition) is 3. The van der Waals surface area contributed by atoms with E-state index in [1.54, 1.807) is 0 Å². The molecule has 20 heavy (non-hydrogen) atoms. The largest absolute Gasteiger partial charge is 0.486 e. The van der Waals surface area contributed by atoms with E-state index in [0.29, 0.717) is 5.56 Å². The standard InChI is InChI=1S/C15H15FN2O2/c1-10-4-2-3-5-12(10)9-20-14-7-6-11(8-13(14)16)15(17)18-19/h2-8,19H,9H2,1H3,(H2,17,18). The second kappa shape index (κ2) is 6.06. The van der Waals surface area contributed by atoms with Gasteiger partial charge in [-0.3, -0.25) is 0 Å². The van der Waals surface area contributed by atoms with E-state index in [1.165, 1.54) is 18.2 Å². The summed E-state index contributed by atoms with van der Waals surface area (Å²) in [5.41, 5.74) is 7.77. The Balaban J connectivity index is 2.13. The first-order valence-corrected chi connectivity index (χ1v) is 6.06. The maximum absolute atomic E-state index is 13.8. The molecule has 0 heterocycles. The molecule has 0 bridgehead atoms. The predicted octanol–water partition coefficient (Wildman–Crippen LogP) is 2.81. The van der Waals surface area contributed by atoms with Gasteiger partial charge in [0, 0.05) is 5.56 Å². The lowest BCUT2D eigenvalue weighted by molar-refractivity contribution is 0.289. The van der Waals surface area contributed by atoms with Gasteiger partial charge in [-0.1, -0.05) is 29.4 Å². The van der Waals surface area contributed by atoms with Crippen molar-refractivity contribution in [2.45, 2.75) is 13.5 Å². The van der Waals surface area contributed by atoms with Gasteiger partial charge in [0.05, 0.1) is 0 Å². The number of aryl methyl sites for hydroxylation is 1. The summed E-state index contributed by atoms with van der Waals surface area (Å²) in [5, 5.41) is 11.4. The molecule has 0 aliphatic heterocycles. The van der Waals surface area contributed by atoms with Crippen molar-refractivity contribution in [3.8, 4) is 5.75 Å². The Morgan fingerprint density at radius 2 is 2.05 bits per heavy atom. The number of nitrogens with zero attached hydrogens (tertiary/aromatic N) is 1. The normalized spacial score (nSPS) is 11.4. The van der Waals surface area contributed by atoms with Gasteiger partial charge in [0.1, 0.15) is 6.61 Å². The van der Waals surface area contributed by atoms with Crippen LogP contribution in [0.25, 0.3) is 0 Å². The zero-order valence-electron chi connectivity index (χ0n) is 11.0. The van der Waals surface area contributed by atoms with E-state index in [1.807, 2.05) is 31.2 Å². The van der Waals surface area contributed by atoms with E-state index in [9.17, 15) is 4.39 Å². The van der Waals surface area contributed by atoms with Gasteiger partial charge in [-0.15, -0.1) is 0 Å². The van der Waals surface area contributed by atoms with E-state index in [0.717, 1.165) is 11.1 Å². The molecule has 0 aliphatic carbocycles. The lowest BCUT2D eigenvalue weighted by Gasteiger charge is -2.10. The van der Waals surface area contributed by atoms with Crippen LogP contribution in [0.3, 0.4) is 0 Å². The topological polar surface area (TPSA) is 67.8 Å². The van der Waals surface area contributed by atoms with Gasteiger partial charge in [0.15, 0.2) is 17.4 Å². The fraction of sp³-hybridized carbons (Fsp3) is 0.133. The van der Waals surface area contributed by atoms with Crippen molar-refractivity contribution >= 4 is 5.84 Å². The van der Waals surface area contributed by atoms with Crippen LogP contribution in [-0.4, -0.2) is 11.0 Å². The summed E-state index contributed by atoms with van der Waals surface area (Å²) in [6.45, 7) is 2.25. The van der Waals surface area contributed by atoms with Gasteiger partial charge in [-0.2, -0.15) is 0 Å². The van der Waals surface area contributed by atoms with Crippen LogP contribution < -0.4 is 10.5 Å². The smallest absolute Gasteiger partial charge is 0.170 e. The molecule has 4 nitrogen and oxygen atoms in total. The molecule has 0 radical (unpaired) electrons. The van der Waals surface area contributed by atoms with Crippen LogP contribution in [-0.2, 0) is 6.61 Å². The lowest BCUT2D eigenvalue weighted by Crippen LogP contribution is -2.13. The second-order valence-corrected chi connectivity index (χ2v) is 4.35. The van der Waals surface area contributed by atoms with E-state index in [4.69, 9.17) is 15.7 Å². The van der Waals surface area contributed by atoms with E-state index in [-0.39, 0.29) is 18.2 Å². The van der Waals surface area contributed by atoms with Gasteiger partial charge in [-0.25, -0.2) is 4.39 Å². The minimum atomic E-state index is -0.553. The highest BCUT2D eigenvalue weighted by molar-refractivity contribution is 5.97. The minimum Gasteiger partial charge on any atom is -0.486 e. The third kappa shape index (κ3) is 3.06. The number of benzene rings is 2. The van der Waals surface area contributed by atoms with Crippen molar-refractivity contribution in [3.63, 3.8) is 0 Å². The van der Waals surface area contributed by atoms with Crippen LogP contribution in [0.1, 0.15) is 16.7 Å². The highest BCUT2D eigenvalue weighted by atomic mass is 19.1. The summed E-state index contributed by atoms with van der Waals surface area (Å²) in [4.78, 5) is 0. The summed E-state index contributed by atoms with van der Waals surface area (Å²) in [6.07, 6.45) is 0. The molecule has 2 aromatic carbocycles. The number of halogens is 1. The van der Waals surface area contributed by atoms with Crippen LogP contribution >= 0.6 is 0 Å². The van der Waals surface area contributed by atoms with Crippen molar-refractivity contribution in [3.05, 3.63) is 65.0 Å². The Morgan fingerprint density at radius 1 is 1.30 bits per heavy atom. The first kappa shape index (κ1) is 13.9. The molecule has 3 N–H and O–H groups in total. The first-order valence-electron chi connectivity index (χ1n) is 6.06. The number of rotatable bonds is 4. The van der Waals surface area contributed by atoms with Crippen molar-refractivity contribution in [2.24, 2.45) is 10.9 Å². The highest BCUT2D eigenvalue weighted by Gasteiger charge is 2.08. The molecular formula is C15H15FN2O2. The summed E-state index contributed by atoms with van der Waals surface area (Å²) in [5.74, 6) is -0.570. The molecule has 0 spiro atoms. The number of ether oxygens (including phenoxy) is 1. The molecule has 0 amide bonds. The van der Waals surface area contributed by atoms with Crippen LogP contribution in [0.2, 0.25) is 0 Å². The Labute approximate surface area is 116 Å². The van der Waals surface area contributed by atoms with Crippen LogP contribution in [0.4, 0.5) is 4.39 Å². The summed E-state index contributed by atoms with van der Waals surface area (Å²) in [6, 6.07) is 11.9. The number of nitrogens with two attached hydrogens (primary N) is 1. The molecule has 0 atom stereocenters. The Kier molecular flexibility index (Phi) is 4.20. The Bertz CT molecular complexity index is 642. The van der Waals surface area contributed by atoms with Gasteiger partial charge in [0.25, 0.3) is 0 Å². The fourth-order valence-corrected chi connectivity index (χ4v) is 1.76. The van der Waals surface area contributed by atoms with Crippen LogP contribution in [0.5, 0.6) is 5.75 Å². The SMILES string of the molecule is Cc1ccccc1COc1ccc(/C(N)=N/O)cc1F. The molecule has 0 saturated carbocycles. The molecule has 104 valence electrons. The summed E-state index contributed by atoms with van der Waals surface area (Å²) >= 11 is 0. The van der Waals surface area contributed by atoms with Gasteiger partial charge in [-0.05, 0) is 36.2 Å². The molecule has 5 heteroatoms. The van der Waals surface area contributed by atoms with Crippen LogP contribution in [0.15, 0.2) is 47.6 Å². The molecule has 2 rings (SSSR count). The Morgan fingerprint density at radius 3 is 2.70 bits per heavy atom. The van der Waals surface area contributed by atoms with Crippen molar-refractivity contribution in [1.82, 2.24) is 0 Å². The molecular weight excluding hydrogens is 259 g/mol. The quantitative estimate of drug-likeness (QED) is 0.390. The van der Waals surface area contributed by atoms with Crippen molar-refractivity contribution in [2.75, 3.05) is 0 Å². The van der Waals surface area contributed by atoms with E-state index < -0.39 is 5.82 Å². The maximum atomic E-state index is 13.8. The molecule has 0 fully saturated rings. The second-order valence-electron chi connectivity index (χ2n) is 4.35. The van der Waals surface area contributed by atoms with Gasteiger partial charge >= 0.3 is 0 Å². The average molecular weight is 274 g/mol. The van der Waals surface area contributed by atoms with Crippen molar-refractivity contribution < 1.29 is 14.3 Å². The van der Waals surface area contributed by atoms with E-state index >= 15 is 0 Å². The Hall–Kier alpha value is -2.56. The predicted molar refractivity (Wildman–Crippen MR) is 74.4 cm³/mol. The monoisotopic (exact) mass is 274 g/mol. The molecule has 0 unspecified atom stereocenters. The zero-order valence-corrected chi connectivity index (χ0v) is 11.0. The van der Waals surface area contributed by atoms with Gasteiger partial charge in [0.2, 0.25) is 0 Å². The van der Waals surface area contributed by atoms with Crippen LogP contribution in [0, 0.1) is 12.7 Å². The summed E-state index contributed by atoms with van der Waals surface area (Å²) < 4.78 is 19.3. The zero-order chi connectivity index (χ0) is 14.5. The molecule has 0 saturated heterocycles. The molecule has 0 aromatic heterocycles. The third-order valence-electron chi connectivity index (χ3n) is 2.98. The lowest BCUT2D eigenvalue weighted by atomic mass is 10.1. The number of hydrogen-bond donors (Lipinski definition) is 2. The fourth-order valence-electron chi connectivity index (χ4n) is 1.76.